The Morgan fingerprint density at radius 2 is 1.84 bits per heavy atom. The lowest BCUT2D eigenvalue weighted by Gasteiger charge is -2.38. The highest BCUT2D eigenvalue weighted by atomic mass is 16.3. The third kappa shape index (κ3) is 6.85. The Kier molecular flexibility index (Phi) is 8.58. The third-order valence-corrected chi connectivity index (χ3v) is 7.26. The number of aromatic nitrogens is 2. The lowest BCUT2D eigenvalue weighted by Crippen LogP contribution is -2.49. The molecule has 1 aromatic heterocycles. The first kappa shape index (κ1) is 27.5. The molecule has 2 aromatic carbocycles. The van der Waals surface area contributed by atoms with Crippen LogP contribution in [0.2, 0.25) is 0 Å². The molecule has 4 rings (SSSR count). The number of piperidine rings is 1. The number of rotatable bonds is 9. The summed E-state index contributed by atoms with van der Waals surface area (Å²) in [6.07, 6.45) is 3.02. The maximum atomic E-state index is 13.1. The van der Waals surface area contributed by atoms with Crippen LogP contribution in [0.5, 0.6) is 0 Å². The fourth-order valence-corrected chi connectivity index (χ4v) is 4.84. The second-order valence-electron chi connectivity index (χ2n) is 10.6. The minimum atomic E-state index is -1.10. The van der Waals surface area contributed by atoms with Gasteiger partial charge in [-0.25, -0.2) is 4.98 Å². The number of likely N-dealkylation sites (tertiary alicyclic amines) is 1. The van der Waals surface area contributed by atoms with E-state index in [0.717, 1.165) is 5.56 Å². The molecule has 0 bridgehead atoms. The van der Waals surface area contributed by atoms with Gasteiger partial charge < -0.3 is 20.2 Å². The van der Waals surface area contributed by atoms with Gasteiger partial charge in [0.05, 0.1) is 29.4 Å². The van der Waals surface area contributed by atoms with Crippen molar-refractivity contribution in [1.29, 1.82) is 0 Å². The Morgan fingerprint density at radius 1 is 1.13 bits per heavy atom. The van der Waals surface area contributed by atoms with E-state index in [9.17, 15) is 19.5 Å². The Balaban J connectivity index is 1.36. The number of anilines is 1. The second-order valence-corrected chi connectivity index (χ2v) is 10.6. The van der Waals surface area contributed by atoms with Gasteiger partial charge in [-0.05, 0) is 56.6 Å². The van der Waals surface area contributed by atoms with Crippen molar-refractivity contribution in [1.82, 2.24) is 19.4 Å². The molecule has 2 amide bonds. The molecule has 202 valence electrons. The Bertz CT molecular complexity index is 1330. The van der Waals surface area contributed by atoms with E-state index in [-0.39, 0.29) is 29.8 Å². The molecule has 1 atom stereocenters. The second kappa shape index (κ2) is 11.9. The van der Waals surface area contributed by atoms with Gasteiger partial charge in [0.1, 0.15) is 0 Å². The molecule has 0 radical (unpaired) electrons. The van der Waals surface area contributed by atoms with E-state index in [1.807, 2.05) is 54.2 Å². The molecule has 1 aliphatic rings. The summed E-state index contributed by atoms with van der Waals surface area (Å²) in [4.78, 5) is 46.3. The van der Waals surface area contributed by atoms with Gasteiger partial charge in [-0.2, -0.15) is 0 Å². The highest BCUT2D eigenvalue weighted by Gasteiger charge is 2.35. The average molecular weight is 520 g/mol. The van der Waals surface area contributed by atoms with E-state index in [4.69, 9.17) is 0 Å². The first-order chi connectivity index (χ1) is 18.1. The van der Waals surface area contributed by atoms with Crippen LogP contribution in [0, 0.1) is 0 Å². The molecule has 0 saturated carbocycles. The summed E-state index contributed by atoms with van der Waals surface area (Å²) >= 11 is 0. The first-order valence-electron chi connectivity index (χ1n) is 13.1. The lowest BCUT2D eigenvalue weighted by atomic mass is 9.90. The van der Waals surface area contributed by atoms with Gasteiger partial charge in [0, 0.05) is 38.2 Å². The number of carbonyl (C=O) groups excluding carboxylic acids is 2. The molecule has 9 heteroatoms. The number of nitrogens with zero attached hydrogens (tertiary/aromatic N) is 4. The monoisotopic (exact) mass is 519 g/mol. The quantitative estimate of drug-likeness (QED) is 0.450. The topological polar surface area (TPSA) is 108 Å². The number of carbonyl (C=O) groups is 2. The largest absolute Gasteiger partial charge is 0.388 e. The molecule has 2 N–H and O–H groups in total. The van der Waals surface area contributed by atoms with Gasteiger partial charge >= 0.3 is 0 Å². The molecule has 0 spiro atoms. The summed E-state index contributed by atoms with van der Waals surface area (Å²) in [5.41, 5.74) is 0.863. The van der Waals surface area contributed by atoms with Crippen molar-refractivity contribution < 1.29 is 14.7 Å². The fourth-order valence-electron chi connectivity index (χ4n) is 4.84. The van der Waals surface area contributed by atoms with E-state index in [2.05, 4.69) is 17.2 Å². The van der Waals surface area contributed by atoms with Crippen molar-refractivity contribution in [2.45, 2.75) is 50.7 Å². The Morgan fingerprint density at radius 3 is 2.53 bits per heavy atom. The van der Waals surface area contributed by atoms with Crippen molar-refractivity contribution in [3.63, 3.8) is 0 Å². The Hall–Kier alpha value is -3.56. The standard InChI is InChI=1S/C29H37N5O4/c1-21(22-7-5-4-6-8-22)17-27(36)33-15-12-29(38,13-16-33)19-34-20-30-25-18-23(9-10-24(25)28(34)37)31-26(35)11-14-32(2)3/h4-10,18,20-21,38H,11-17,19H2,1-3H3,(H,31,35). The first-order valence-corrected chi connectivity index (χ1v) is 13.1. The van der Waals surface area contributed by atoms with Crippen molar-refractivity contribution in [2.75, 3.05) is 39.0 Å². The maximum absolute atomic E-state index is 13.1. The zero-order valence-electron chi connectivity index (χ0n) is 22.4. The lowest BCUT2D eigenvalue weighted by molar-refractivity contribution is -0.136. The van der Waals surface area contributed by atoms with Gasteiger partial charge in [0.25, 0.3) is 5.56 Å². The molecule has 1 aliphatic heterocycles. The molecule has 3 aromatic rings. The highest BCUT2D eigenvalue weighted by Crippen LogP contribution is 2.26. The minimum Gasteiger partial charge on any atom is -0.388 e. The van der Waals surface area contributed by atoms with E-state index < -0.39 is 5.60 Å². The molecule has 1 fully saturated rings. The van der Waals surface area contributed by atoms with Crippen LogP contribution in [0.3, 0.4) is 0 Å². The number of amides is 2. The van der Waals surface area contributed by atoms with Gasteiger partial charge in [-0.3, -0.25) is 19.0 Å². The van der Waals surface area contributed by atoms with Gasteiger partial charge in [0.15, 0.2) is 0 Å². The van der Waals surface area contributed by atoms with Crippen molar-refractivity contribution >= 4 is 28.4 Å². The van der Waals surface area contributed by atoms with Crippen LogP contribution in [0.4, 0.5) is 5.69 Å². The van der Waals surface area contributed by atoms with Crippen LogP contribution < -0.4 is 10.9 Å². The van der Waals surface area contributed by atoms with E-state index in [1.165, 1.54) is 10.9 Å². The smallest absolute Gasteiger partial charge is 0.261 e. The number of hydrogen-bond donors (Lipinski definition) is 2. The summed E-state index contributed by atoms with van der Waals surface area (Å²) < 4.78 is 1.44. The zero-order valence-corrected chi connectivity index (χ0v) is 22.4. The number of benzene rings is 2. The molecule has 1 unspecified atom stereocenters. The number of aliphatic hydroxyl groups is 1. The normalized spacial score (nSPS) is 16.0. The Labute approximate surface area is 223 Å². The van der Waals surface area contributed by atoms with Gasteiger partial charge in [-0.15, -0.1) is 0 Å². The molecule has 38 heavy (non-hydrogen) atoms. The van der Waals surface area contributed by atoms with Crippen molar-refractivity contribution in [3.8, 4) is 0 Å². The maximum Gasteiger partial charge on any atom is 0.261 e. The summed E-state index contributed by atoms with van der Waals surface area (Å²) in [5, 5.41) is 14.5. The fraction of sp³-hybridized carbons (Fsp3) is 0.448. The summed E-state index contributed by atoms with van der Waals surface area (Å²) in [6.45, 7) is 3.70. The third-order valence-electron chi connectivity index (χ3n) is 7.26. The summed E-state index contributed by atoms with van der Waals surface area (Å²) in [7, 11) is 3.82. The zero-order chi connectivity index (χ0) is 27.3. The highest BCUT2D eigenvalue weighted by molar-refractivity contribution is 5.93. The van der Waals surface area contributed by atoms with Crippen LogP contribution in [0.15, 0.2) is 59.7 Å². The predicted octanol–water partition coefficient (Wildman–Crippen LogP) is 2.83. The van der Waals surface area contributed by atoms with E-state index in [0.29, 0.717) is 61.9 Å². The molecule has 2 heterocycles. The van der Waals surface area contributed by atoms with E-state index in [1.54, 1.807) is 18.2 Å². The molecule has 1 saturated heterocycles. The number of nitrogens with one attached hydrogen (secondary N) is 1. The number of fused-ring (bicyclic) bond motifs is 1. The van der Waals surface area contributed by atoms with Crippen LogP contribution in [-0.4, -0.2) is 75.6 Å². The van der Waals surface area contributed by atoms with Crippen LogP contribution in [0.25, 0.3) is 10.9 Å². The molecular weight excluding hydrogens is 482 g/mol. The van der Waals surface area contributed by atoms with E-state index >= 15 is 0 Å². The van der Waals surface area contributed by atoms with Crippen LogP contribution in [0.1, 0.15) is 44.1 Å². The van der Waals surface area contributed by atoms with Crippen molar-refractivity contribution in [3.05, 3.63) is 70.8 Å². The van der Waals surface area contributed by atoms with Crippen LogP contribution in [-0.2, 0) is 16.1 Å². The number of hydrogen-bond acceptors (Lipinski definition) is 6. The predicted molar refractivity (Wildman–Crippen MR) is 148 cm³/mol. The molecular formula is C29H37N5O4. The van der Waals surface area contributed by atoms with Gasteiger partial charge in [-0.1, -0.05) is 37.3 Å². The summed E-state index contributed by atoms with van der Waals surface area (Å²) in [6, 6.07) is 15.0. The van der Waals surface area contributed by atoms with Gasteiger partial charge in [0.2, 0.25) is 11.8 Å². The summed E-state index contributed by atoms with van der Waals surface area (Å²) in [5.74, 6) is 0.101. The van der Waals surface area contributed by atoms with Crippen LogP contribution >= 0.6 is 0 Å². The average Bonchev–Trinajstić information content (AvgIpc) is 2.90. The molecule has 9 nitrogen and oxygen atoms in total. The minimum absolute atomic E-state index is 0.0811. The van der Waals surface area contributed by atoms with Crippen molar-refractivity contribution in [2.24, 2.45) is 0 Å². The molecule has 0 aliphatic carbocycles. The SMILES string of the molecule is CC(CC(=O)N1CCC(O)(Cn2cnc3cc(NC(=O)CCN(C)C)ccc3c2=O)CC1)c1ccccc1.